The maximum Gasteiger partial charge on any atom is -0.0279 e. The second-order valence-electron chi connectivity index (χ2n) is 12.0. The first-order chi connectivity index (χ1) is 20.7. The molecule has 0 unspecified atom stereocenters. The Kier molecular flexibility index (Phi) is 13.6. The molecule has 0 aliphatic heterocycles. The van der Waals surface area contributed by atoms with E-state index in [0.29, 0.717) is 5.92 Å². The molecule has 228 valence electrons. The van der Waals surface area contributed by atoms with E-state index in [9.17, 15) is 0 Å². The van der Waals surface area contributed by atoms with Gasteiger partial charge in [-0.25, -0.2) is 0 Å². The summed E-state index contributed by atoms with van der Waals surface area (Å²) in [5.74, 6) is 0.567. The van der Waals surface area contributed by atoms with Crippen LogP contribution in [0.4, 0.5) is 0 Å². The molecule has 0 saturated heterocycles. The second kappa shape index (κ2) is 16.7. The zero-order valence-corrected chi connectivity index (χ0v) is 31.9. The fraction of sp³-hybridized carbons (Fsp3) is 0.171. The fourth-order valence-electron chi connectivity index (χ4n) is 5.66. The molecule has 7 aromatic carbocycles. The molecule has 0 heterocycles. The molecule has 0 amide bonds. The van der Waals surface area contributed by atoms with Crippen molar-refractivity contribution in [1.82, 2.24) is 0 Å². The minimum atomic E-state index is 0. The molecular formula is C41H40Cl2SiZr-2. The monoisotopic (exact) mass is 720 g/mol. The molecule has 4 heteroatoms. The van der Waals surface area contributed by atoms with E-state index in [0.717, 1.165) is 0 Å². The first kappa shape index (κ1) is 36.7. The Morgan fingerprint density at radius 2 is 1.24 bits per heavy atom. The topological polar surface area (TPSA) is 0 Å². The molecule has 0 N–H and O–H groups in total. The van der Waals surface area contributed by atoms with E-state index < -0.39 is 0 Å². The first-order valence-corrected chi connectivity index (χ1v) is 21.3. The van der Waals surface area contributed by atoms with Gasteiger partial charge >= 0.3 is 41.9 Å². The van der Waals surface area contributed by atoms with Gasteiger partial charge in [0.2, 0.25) is 0 Å². The number of benzene rings is 5. The predicted octanol–water partition coefficient (Wildman–Crippen LogP) is 6.14. The quantitative estimate of drug-likeness (QED) is 0.152. The van der Waals surface area contributed by atoms with Crippen molar-refractivity contribution in [3.05, 3.63) is 144 Å². The predicted molar refractivity (Wildman–Crippen MR) is 189 cm³/mol. The van der Waals surface area contributed by atoms with Gasteiger partial charge in [-0.15, -0.1) is 68.6 Å². The van der Waals surface area contributed by atoms with Crippen LogP contribution >= 0.6 is 0 Å². The van der Waals surface area contributed by atoms with E-state index >= 15 is 0 Å². The average molecular weight is 723 g/mol. The first-order valence-electron chi connectivity index (χ1n) is 15.1. The standard InChI is InChI=1S/C22H19.C17H15.C2H6Si.2ClH.Zr/c1-15(2)20-13-18-8-5-9-21(22(18)14-20)19-11-10-16-6-3-4-7-17(16)12-19;1-12-10-16-13(2)8-9-15(17(16)11-12)14-6-4-3-5-7-14;1-3-2;;;/h3-15H,1-2H3;3-11H,1-2H3;1-2H3;2*1H;/q2*-1;;;;+2/p-2. The van der Waals surface area contributed by atoms with Gasteiger partial charge in [0, 0.05) is 0 Å². The average Bonchev–Trinajstić information content (AvgIpc) is 3.62. The number of hydrogen-bond acceptors (Lipinski definition) is 0. The molecule has 0 aliphatic rings. The Morgan fingerprint density at radius 3 is 1.93 bits per heavy atom. The molecule has 0 atom stereocenters. The second-order valence-corrected chi connectivity index (χ2v) is 21.3. The number of fused-ring (bicyclic) bond motifs is 3. The third kappa shape index (κ3) is 8.96. The number of rotatable bonds is 3. The van der Waals surface area contributed by atoms with Crippen LogP contribution in [-0.4, -0.2) is 5.43 Å². The molecule has 0 spiro atoms. The van der Waals surface area contributed by atoms with Crippen LogP contribution in [0.25, 0.3) is 54.6 Å². The summed E-state index contributed by atoms with van der Waals surface area (Å²) in [5, 5.41) is 8.05. The van der Waals surface area contributed by atoms with Crippen molar-refractivity contribution < 1.29 is 48.1 Å². The van der Waals surface area contributed by atoms with E-state index in [-0.39, 0.29) is 30.2 Å². The Bertz CT molecular complexity index is 2010. The van der Waals surface area contributed by atoms with Gasteiger partial charge in [-0.05, 0) is 33.9 Å². The summed E-state index contributed by atoms with van der Waals surface area (Å²) >= 11 is 1.74. The number of aryl methyl sites for hydroxylation is 2. The van der Waals surface area contributed by atoms with Crippen LogP contribution in [0.15, 0.2) is 127 Å². The van der Waals surface area contributed by atoms with Gasteiger partial charge in [0.05, 0.1) is 0 Å². The van der Waals surface area contributed by atoms with Crippen LogP contribution in [0, 0.1) is 13.8 Å². The maximum atomic E-state index is 2.35. The van der Waals surface area contributed by atoms with Crippen molar-refractivity contribution in [1.29, 1.82) is 0 Å². The van der Waals surface area contributed by atoms with Crippen molar-refractivity contribution in [3.8, 4) is 22.3 Å². The SMILES string of the molecule is CC(C)c1cc2c(-c3ccc4ccccc4c3)cccc2[cH-]1.C[Si](C)=[Zr+2].Cc1cc2c(-c3ccccc3)ccc(C)c2[cH-]1.[Cl-].[Cl-]. The van der Waals surface area contributed by atoms with Crippen LogP contribution in [0.3, 0.4) is 0 Å². The number of halogens is 2. The molecule has 7 aromatic rings. The van der Waals surface area contributed by atoms with E-state index in [4.69, 9.17) is 0 Å². The summed E-state index contributed by atoms with van der Waals surface area (Å²) in [5.41, 5.74) is 9.58. The molecule has 0 radical (unpaired) electrons. The zero-order valence-electron chi connectivity index (χ0n) is 27.0. The third-order valence-electron chi connectivity index (χ3n) is 7.83. The van der Waals surface area contributed by atoms with E-state index in [1.807, 2.05) is 0 Å². The van der Waals surface area contributed by atoms with Crippen molar-refractivity contribution in [2.75, 3.05) is 0 Å². The van der Waals surface area contributed by atoms with Crippen molar-refractivity contribution in [3.63, 3.8) is 0 Å². The summed E-state index contributed by atoms with van der Waals surface area (Å²) in [4.78, 5) is 0. The summed E-state index contributed by atoms with van der Waals surface area (Å²) in [6, 6.07) is 46.2. The summed E-state index contributed by atoms with van der Waals surface area (Å²) < 4.78 is 0. The Hall–Kier alpha value is -2.74. The molecule has 7 rings (SSSR count). The van der Waals surface area contributed by atoms with Gasteiger partial charge in [0.25, 0.3) is 0 Å². The smallest absolute Gasteiger partial charge is 0.0279 e. The largest absolute Gasteiger partial charge is 1.00 e. The Balaban J connectivity index is 0.000000216. The van der Waals surface area contributed by atoms with Crippen LogP contribution in [0.5, 0.6) is 0 Å². The molecular weight excluding hydrogens is 683 g/mol. The van der Waals surface area contributed by atoms with Gasteiger partial charge in [0.15, 0.2) is 0 Å². The maximum absolute atomic E-state index is 2.35. The summed E-state index contributed by atoms with van der Waals surface area (Å²) in [7, 11) is 0. The Labute approximate surface area is 296 Å². The van der Waals surface area contributed by atoms with E-state index in [1.165, 1.54) is 71.3 Å². The minimum Gasteiger partial charge on any atom is -1.00 e. The molecule has 0 fully saturated rings. The van der Waals surface area contributed by atoms with Crippen molar-refractivity contribution in [2.24, 2.45) is 0 Å². The number of hydrogen-bond donors (Lipinski definition) is 0. The third-order valence-corrected chi connectivity index (χ3v) is 7.83. The van der Waals surface area contributed by atoms with Crippen molar-refractivity contribution >= 4 is 37.8 Å². The van der Waals surface area contributed by atoms with Crippen LogP contribution < -0.4 is 24.8 Å². The molecule has 0 bridgehead atoms. The summed E-state index contributed by atoms with van der Waals surface area (Å²) in [6.45, 7) is 13.5. The van der Waals surface area contributed by atoms with E-state index in [2.05, 4.69) is 168 Å². The van der Waals surface area contributed by atoms with Gasteiger partial charge in [-0.2, -0.15) is 12.1 Å². The molecule has 0 aromatic heterocycles. The normalized spacial score (nSPS) is 10.4. The summed E-state index contributed by atoms with van der Waals surface area (Å²) in [6.07, 6.45) is 0. The van der Waals surface area contributed by atoms with Crippen LogP contribution in [0.2, 0.25) is 13.1 Å². The van der Waals surface area contributed by atoms with Gasteiger partial charge in [-0.3, -0.25) is 0 Å². The van der Waals surface area contributed by atoms with Crippen LogP contribution in [-0.2, 0) is 23.3 Å². The molecule has 45 heavy (non-hydrogen) atoms. The van der Waals surface area contributed by atoms with Crippen LogP contribution in [0.1, 0.15) is 36.5 Å². The van der Waals surface area contributed by atoms with Crippen molar-refractivity contribution in [2.45, 2.75) is 46.7 Å². The molecule has 0 saturated carbocycles. The van der Waals surface area contributed by atoms with Gasteiger partial charge < -0.3 is 24.8 Å². The van der Waals surface area contributed by atoms with E-state index in [1.54, 1.807) is 23.3 Å². The van der Waals surface area contributed by atoms with Gasteiger partial charge in [-0.1, -0.05) is 118 Å². The molecule has 0 nitrogen and oxygen atoms in total. The minimum absolute atomic E-state index is 0. The Morgan fingerprint density at radius 1 is 0.600 bits per heavy atom. The van der Waals surface area contributed by atoms with Gasteiger partial charge in [0.1, 0.15) is 0 Å². The molecule has 0 aliphatic carbocycles. The fourth-order valence-corrected chi connectivity index (χ4v) is 5.66. The zero-order chi connectivity index (χ0) is 30.5.